The Labute approximate surface area is 133 Å². The van der Waals surface area contributed by atoms with Crippen LogP contribution in [-0.4, -0.2) is 27.2 Å². The van der Waals surface area contributed by atoms with Gasteiger partial charge in [-0.15, -0.1) is 0 Å². The number of hydrogen-bond acceptors (Lipinski definition) is 3. The van der Waals surface area contributed by atoms with Gasteiger partial charge in [-0.25, -0.2) is 14.3 Å². The predicted octanol–water partition coefficient (Wildman–Crippen LogP) is 1.49. The Balaban J connectivity index is 1.66. The fraction of sp³-hybridized carbons (Fsp3) is 0.438. The standard InChI is InChI=1S/C16H21FN4O2/c1-12(8-13-4-2-5-14(17)10-13)9-15(22)18-6-3-7-21-11-19-20-16(21)23/h2,4-5,10-12H,3,6-9H2,1H3,(H,18,22)(H,20,23). The van der Waals surface area contributed by atoms with E-state index in [2.05, 4.69) is 15.5 Å². The van der Waals surface area contributed by atoms with Crippen molar-refractivity contribution in [3.05, 3.63) is 52.5 Å². The lowest BCUT2D eigenvalue weighted by Gasteiger charge is -2.12. The number of aromatic amines is 1. The van der Waals surface area contributed by atoms with Crippen LogP contribution < -0.4 is 11.0 Å². The number of amides is 1. The van der Waals surface area contributed by atoms with Crippen LogP contribution in [0.4, 0.5) is 4.39 Å². The van der Waals surface area contributed by atoms with Crippen molar-refractivity contribution >= 4 is 5.91 Å². The van der Waals surface area contributed by atoms with E-state index in [1.54, 1.807) is 6.07 Å². The number of aromatic nitrogens is 3. The third-order valence-electron chi connectivity index (χ3n) is 3.52. The smallest absolute Gasteiger partial charge is 0.343 e. The summed E-state index contributed by atoms with van der Waals surface area (Å²) in [6, 6.07) is 6.44. The quantitative estimate of drug-likeness (QED) is 0.723. The van der Waals surface area contributed by atoms with Gasteiger partial charge in [-0.1, -0.05) is 19.1 Å². The van der Waals surface area contributed by atoms with Crippen molar-refractivity contribution in [2.45, 2.75) is 32.7 Å². The average Bonchev–Trinajstić information content (AvgIpc) is 2.89. The summed E-state index contributed by atoms with van der Waals surface area (Å²) in [6.07, 6.45) is 3.15. The van der Waals surface area contributed by atoms with Crippen LogP contribution in [0.3, 0.4) is 0 Å². The van der Waals surface area contributed by atoms with Gasteiger partial charge in [0.2, 0.25) is 5.91 Å². The molecule has 2 aromatic rings. The van der Waals surface area contributed by atoms with Gasteiger partial charge < -0.3 is 5.32 Å². The molecule has 0 saturated heterocycles. The molecule has 1 amide bonds. The fourth-order valence-electron chi connectivity index (χ4n) is 2.43. The molecule has 1 heterocycles. The molecule has 124 valence electrons. The maximum absolute atomic E-state index is 13.1. The topological polar surface area (TPSA) is 79.8 Å². The zero-order valence-corrected chi connectivity index (χ0v) is 13.1. The molecule has 2 N–H and O–H groups in total. The lowest BCUT2D eigenvalue weighted by atomic mass is 9.98. The largest absolute Gasteiger partial charge is 0.356 e. The summed E-state index contributed by atoms with van der Waals surface area (Å²) in [5.41, 5.74) is 0.643. The SMILES string of the molecule is CC(CC(=O)NCCCn1cn[nH]c1=O)Cc1cccc(F)c1. The van der Waals surface area contributed by atoms with Crippen LogP contribution in [0, 0.1) is 11.7 Å². The molecule has 0 radical (unpaired) electrons. The highest BCUT2D eigenvalue weighted by molar-refractivity contribution is 5.76. The molecular weight excluding hydrogens is 299 g/mol. The molecule has 23 heavy (non-hydrogen) atoms. The molecule has 7 heteroatoms. The van der Waals surface area contributed by atoms with Gasteiger partial charge in [-0.2, -0.15) is 5.10 Å². The van der Waals surface area contributed by atoms with E-state index in [0.717, 1.165) is 5.56 Å². The molecule has 1 aromatic carbocycles. The third kappa shape index (κ3) is 5.69. The lowest BCUT2D eigenvalue weighted by molar-refractivity contribution is -0.121. The van der Waals surface area contributed by atoms with E-state index >= 15 is 0 Å². The van der Waals surface area contributed by atoms with Crippen LogP contribution in [0.5, 0.6) is 0 Å². The van der Waals surface area contributed by atoms with Gasteiger partial charge in [0.1, 0.15) is 12.1 Å². The van der Waals surface area contributed by atoms with Crippen LogP contribution in [0.25, 0.3) is 0 Å². The number of halogens is 1. The van der Waals surface area contributed by atoms with Gasteiger partial charge in [-0.05, 0) is 36.5 Å². The monoisotopic (exact) mass is 320 g/mol. The van der Waals surface area contributed by atoms with Crippen LogP contribution in [0.15, 0.2) is 35.4 Å². The van der Waals surface area contributed by atoms with Gasteiger partial charge in [-0.3, -0.25) is 9.36 Å². The zero-order valence-electron chi connectivity index (χ0n) is 13.1. The fourth-order valence-corrected chi connectivity index (χ4v) is 2.43. The van der Waals surface area contributed by atoms with Crippen LogP contribution >= 0.6 is 0 Å². The van der Waals surface area contributed by atoms with Crippen molar-refractivity contribution in [2.75, 3.05) is 6.54 Å². The Morgan fingerprint density at radius 2 is 2.30 bits per heavy atom. The summed E-state index contributed by atoms with van der Waals surface area (Å²) in [5.74, 6) is -0.157. The summed E-state index contributed by atoms with van der Waals surface area (Å²) in [4.78, 5) is 23.1. The minimum absolute atomic E-state index is 0.0338. The number of H-pyrrole nitrogens is 1. The minimum atomic E-state index is -0.256. The van der Waals surface area contributed by atoms with E-state index in [-0.39, 0.29) is 23.3 Å². The number of hydrogen-bond donors (Lipinski definition) is 2. The number of rotatable bonds is 8. The second kappa shape index (κ2) is 8.26. The molecule has 0 aliphatic carbocycles. The molecular formula is C16H21FN4O2. The summed E-state index contributed by atoms with van der Waals surface area (Å²) in [6.45, 7) is 2.98. The van der Waals surface area contributed by atoms with E-state index < -0.39 is 0 Å². The number of aryl methyl sites for hydroxylation is 1. The second-order valence-electron chi connectivity index (χ2n) is 5.70. The highest BCUT2D eigenvalue weighted by Crippen LogP contribution is 2.13. The Hall–Kier alpha value is -2.44. The van der Waals surface area contributed by atoms with Crippen molar-refractivity contribution in [3.8, 4) is 0 Å². The molecule has 0 bridgehead atoms. The van der Waals surface area contributed by atoms with Gasteiger partial charge in [0.05, 0.1) is 0 Å². The highest BCUT2D eigenvalue weighted by atomic mass is 19.1. The highest BCUT2D eigenvalue weighted by Gasteiger charge is 2.10. The summed E-state index contributed by atoms with van der Waals surface area (Å²) < 4.78 is 14.6. The summed E-state index contributed by atoms with van der Waals surface area (Å²) in [5, 5.41) is 8.78. The Kier molecular flexibility index (Phi) is 6.08. The Morgan fingerprint density at radius 3 is 3.00 bits per heavy atom. The molecule has 2 rings (SSSR count). The van der Waals surface area contributed by atoms with Crippen molar-refractivity contribution < 1.29 is 9.18 Å². The lowest BCUT2D eigenvalue weighted by Crippen LogP contribution is -2.28. The molecule has 0 spiro atoms. The number of carbonyl (C=O) groups excluding carboxylic acids is 1. The number of nitrogens with zero attached hydrogens (tertiary/aromatic N) is 2. The first-order valence-corrected chi connectivity index (χ1v) is 7.65. The maximum Gasteiger partial charge on any atom is 0.343 e. The first-order chi connectivity index (χ1) is 11.0. The first-order valence-electron chi connectivity index (χ1n) is 7.65. The van der Waals surface area contributed by atoms with Gasteiger partial charge in [0.15, 0.2) is 0 Å². The number of benzene rings is 1. The Morgan fingerprint density at radius 1 is 1.48 bits per heavy atom. The third-order valence-corrected chi connectivity index (χ3v) is 3.52. The minimum Gasteiger partial charge on any atom is -0.356 e. The molecule has 0 aliphatic heterocycles. The van der Waals surface area contributed by atoms with E-state index in [9.17, 15) is 14.0 Å². The maximum atomic E-state index is 13.1. The molecule has 0 saturated carbocycles. The summed E-state index contributed by atoms with van der Waals surface area (Å²) >= 11 is 0. The number of carbonyl (C=O) groups is 1. The Bertz CT molecular complexity index is 695. The van der Waals surface area contributed by atoms with Gasteiger partial charge >= 0.3 is 5.69 Å². The first kappa shape index (κ1) is 16.9. The molecule has 1 unspecified atom stereocenters. The van der Waals surface area contributed by atoms with Crippen LogP contribution in [0.1, 0.15) is 25.3 Å². The zero-order chi connectivity index (χ0) is 16.7. The van der Waals surface area contributed by atoms with E-state index in [1.165, 1.54) is 23.0 Å². The van der Waals surface area contributed by atoms with E-state index in [0.29, 0.717) is 32.4 Å². The van der Waals surface area contributed by atoms with Crippen molar-refractivity contribution in [2.24, 2.45) is 5.92 Å². The normalized spacial score (nSPS) is 12.1. The van der Waals surface area contributed by atoms with Gasteiger partial charge in [0, 0.05) is 19.5 Å². The molecule has 0 aliphatic rings. The molecule has 1 atom stereocenters. The molecule has 1 aromatic heterocycles. The number of nitrogens with one attached hydrogen (secondary N) is 2. The average molecular weight is 320 g/mol. The van der Waals surface area contributed by atoms with Crippen molar-refractivity contribution in [1.29, 1.82) is 0 Å². The molecule has 6 nitrogen and oxygen atoms in total. The predicted molar refractivity (Wildman–Crippen MR) is 84.4 cm³/mol. The van der Waals surface area contributed by atoms with Crippen molar-refractivity contribution in [1.82, 2.24) is 20.1 Å². The van der Waals surface area contributed by atoms with E-state index in [4.69, 9.17) is 0 Å². The summed E-state index contributed by atoms with van der Waals surface area (Å²) in [7, 11) is 0. The van der Waals surface area contributed by atoms with Crippen LogP contribution in [0.2, 0.25) is 0 Å². The van der Waals surface area contributed by atoms with Crippen molar-refractivity contribution in [3.63, 3.8) is 0 Å². The van der Waals surface area contributed by atoms with Crippen LogP contribution in [-0.2, 0) is 17.8 Å². The van der Waals surface area contributed by atoms with Gasteiger partial charge in [0.25, 0.3) is 0 Å². The second-order valence-corrected chi connectivity index (χ2v) is 5.70. The van der Waals surface area contributed by atoms with E-state index in [1.807, 2.05) is 13.0 Å². The molecule has 0 fully saturated rings.